The molecule has 7 unspecified atom stereocenters. The predicted octanol–water partition coefficient (Wildman–Crippen LogP) is 20.9. The Labute approximate surface area is 560 Å². The molecule has 0 saturated carbocycles. The topological polar surface area (TPSA) is 175 Å². The molecule has 0 radical (unpaired) electrons. The van der Waals surface area contributed by atoms with E-state index in [2.05, 4.69) is 67.8 Å². The molecule has 1 saturated heterocycles. The number of carbonyl (C=O) groups is 2. The number of hydrogen-bond acceptors (Lipinski definition) is 10. The molecule has 0 bridgehead atoms. The normalized spacial score (nSPS) is 17.9. The first kappa shape index (κ1) is 86.4. The van der Waals surface area contributed by atoms with E-state index >= 15 is 0 Å². The van der Waals surface area contributed by atoms with E-state index in [1.54, 1.807) is 6.08 Å². The monoisotopic (exact) mass is 1280 g/mol. The van der Waals surface area contributed by atoms with Gasteiger partial charge < -0.3 is 45.1 Å². The van der Waals surface area contributed by atoms with Crippen LogP contribution < -0.4 is 5.32 Å². The van der Waals surface area contributed by atoms with Crippen molar-refractivity contribution < 1.29 is 49.3 Å². The van der Waals surface area contributed by atoms with Gasteiger partial charge in [0.15, 0.2) is 6.29 Å². The fraction of sp³-hybridized carbons (Fsp3) is 0.850. The van der Waals surface area contributed by atoms with Gasteiger partial charge in [-0.2, -0.15) is 0 Å². The molecule has 7 atom stereocenters. The quantitative estimate of drug-likeness (QED) is 0.0195. The molecule has 1 amide bonds. The summed E-state index contributed by atoms with van der Waals surface area (Å²) in [5, 5.41) is 54.3. The molecule has 0 aliphatic carbocycles. The fourth-order valence-corrected chi connectivity index (χ4v) is 12.2. The Hall–Kier alpha value is -2.64. The molecule has 1 rings (SSSR count). The highest BCUT2D eigenvalue weighted by Crippen LogP contribution is 2.23. The molecule has 6 N–H and O–H groups in total. The lowest BCUT2D eigenvalue weighted by atomic mass is 9.99. The Morgan fingerprint density at radius 1 is 0.407 bits per heavy atom. The van der Waals surface area contributed by atoms with Gasteiger partial charge in [0.25, 0.3) is 0 Å². The fourth-order valence-electron chi connectivity index (χ4n) is 12.2. The van der Waals surface area contributed by atoms with Gasteiger partial charge in [-0.1, -0.05) is 319 Å². The number of rotatable bonds is 69. The Morgan fingerprint density at radius 2 is 0.747 bits per heavy atom. The summed E-state index contributed by atoms with van der Waals surface area (Å²) in [5.41, 5.74) is 0. The maximum Gasteiger partial charge on any atom is 0.305 e. The van der Waals surface area contributed by atoms with Gasteiger partial charge in [-0.25, -0.2) is 0 Å². The maximum atomic E-state index is 13.0. The van der Waals surface area contributed by atoms with Gasteiger partial charge >= 0.3 is 5.97 Å². The highest BCUT2D eigenvalue weighted by molar-refractivity contribution is 5.76. The highest BCUT2D eigenvalue weighted by Gasteiger charge is 2.44. The molecule has 0 aromatic carbocycles. The Bertz CT molecular complexity index is 1700. The van der Waals surface area contributed by atoms with Crippen LogP contribution in [0.5, 0.6) is 0 Å². The number of allylic oxidation sites excluding steroid dienone is 9. The van der Waals surface area contributed by atoms with Crippen molar-refractivity contribution in [1.29, 1.82) is 0 Å². The number of carbonyl (C=O) groups excluding carboxylic acids is 2. The lowest BCUT2D eigenvalue weighted by Gasteiger charge is -2.40. The zero-order valence-electron chi connectivity index (χ0n) is 59.3. The lowest BCUT2D eigenvalue weighted by molar-refractivity contribution is -0.302. The second kappa shape index (κ2) is 68.7. The van der Waals surface area contributed by atoms with Crippen LogP contribution in [0.4, 0.5) is 0 Å². The summed E-state index contributed by atoms with van der Waals surface area (Å²) in [4.78, 5) is 25.2. The minimum absolute atomic E-state index is 0.00715. The van der Waals surface area contributed by atoms with Gasteiger partial charge in [0.2, 0.25) is 5.91 Å². The van der Waals surface area contributed by atoms with E-state index in [1.165, 1.54) is 283 Å². The first-order valence-corrected chi connectivity index (χ1v) is 39.1. The average Bonchev–Trinajstić information content (AvgIpc) is 3.02. The third kappa shape index (κ3) is 57.3. The first-order chi connectivity index (χ1) is 44.7. The third-order valence-corrected chi connectivity index (χ3v) is 18.3. The number of nitrogens with one attached hydrogen (secondary N) is 1. The second-order valence-corrected chi connectivity index (χ2v) is 27.0. The van der Waals surface area contributed by atoms with E-state index in [4.69, 9.17) is 14.2 Å². The molecular formula is C80H147NO10. The molecule has 0 spiro atoms. The van der Waals surface area contributed by atoms with E-state index in [9.17, 15) is 35.1 Å². The zero-order chi connectivity index (χ0) is 65.8. The average molecular weight is 1280 g/mol. The van der Waals surface area contributed by atoms with Crippen LogP contribution in [0.3, 0.4) is 0 Å². The molecular weight excluding hydrogens is 1130 g/mol. The summed E-state index contributed by atoms with van der Waals surface area (Å²) in [6, 6.07) is -0.826. The standard InChI is InChI=1S/C80H147NO10/c1-3-5-7-9-11-13-15-16-17-18-39-42-45-48-52-56-60-64-68-76(85)89-69-65-61-57-53-49-46-43-40-37-35-33-31-29-27-25-23-21-19-20-22-24-26-28-30-32-34-36-38-41-44-47-51-55-59-63-67-75(84)81-72(71-90-80-79(88)78(87)77(86)74(70-82)91-80)73(83)66-62-58-54-50-14-12-10-8-6-4-2/h14,17-18,21,23,27,29,50,62,66,72-74,77-80,82-83,86-88H,3-13,15-16,19-20,22,24-26,28,30-49,51-61,63-65,67-71H2,1-2H3,(H,81,84)/b18-17-,23-21-,29-27-,50-14+,66-62+. The predicted molar refractivity (Wildman–Crippen MR) is 384 cm³/mol. The molecule has 0 aromatic rings. The van der Waals surface area contributed by atoms with Crippen molar-refractivity contribution in [2.24, 2.45) is 0 Å². The van der Waals surface area contributed by atoms with Crippen molar-refractivity contribution in [2.45, 2.75) is 416 Å². The van der Waals surface area contributed by atoms with Gasteiger partial charge in [0.1, 0.15) is 24.4 Å². The van der Waals surface area contributed by atoms with Gasteiger partial charge in [-0.05, 0) is 103 Å². The van der Waals surface area contributed by atoms with Crippen LogP contribution in [-0.4, -0.2) is 100 Å². The van der Waals surface area contributed by atoms with E-state index in [-0.39, 0.29) is 18.5 Å². The van der Waals surface area contributed by atoms with Gasteiger partial charge in [0.05, 0.1) is 32.0 Å². The summed E-state index contributed by atoms with van der Waals surface area (Å²) in [6.45, 7) is 4.32. The minimum Gasteiger partial charge on any atom is -0.466 e. The molecule has 11 nitrogen and oxygen atoms in total. The molecule has 1 heterocycles. The van der Waals surface area contributed by atoms with Crippen LogP contribution in [0.2, 0.25) is 0 Å². The molecule has 11 heteroatoms. The van der Waals surface area contributed by atoms with Gasteiger partial charge in [-0.3, -0.25) is 9.59 Å². The van der Waals surface area contributed by atoms with Crippen molar-refractivity contribution in [1.82, 2.24) is 5.32 Å². The minimum atomic E-state index is -1.58. The summed E-state index contributed by atoms with van der Waals surface area (Å²) in [7, 11) is 0. The van der Waals surface area contributed by atoms with Crippen LogP contribution in [0, 0.1) is 0 Å². The molecule has 0 aromatic heterocycles. The van der Waals surface area contributed by atoms with Gasteiger partial charge in [0, 0.05) is 12.8 Å². The zero-order valence-corrected chi connectivity index (χ0v) is 59.3. The Kier molecular flexibility index (Phi) is 65.2. The third-order valence-electron chi connectivity index (χ3n) is 18.3. The first-order valence-electron chi connectivity index (χ1n) is 39.1. The number of aliphatic hydroxyl groups excluding tert-OH is 5. The Balaban J connectivity index is 1.89. The van der Waals surface area contributed by atoms with Crippen molar-refractivity contribution in [3.8, 4) is 0 Å². The van der Waals surface area contributed by atoms with Crippen molar-refractivity contribution in [2.75, 3.05) is 19.8 Å². The van der Waals surface area contributed by atoms with Crippen LogP contribution in [0.15, 0.2) is 60.8 Å². The van der Waals surface area contributed by atoms with E-state index in [1.807, 2.05) is 6.08 Å². The number of amides is 1. The van der Waals surface area contributed by atoms with Crippen molar-refractivity contribution >= 4 is 11.9 Å². The number of esters is 1. The summed E-state index contributed by atoms with van der Waals surface area (Å²) in [5.74, 6) is -0.183. The second-order valence-electron chi connectivity index (χ2n) is 27.0. The largest absolute Gasteiger partial charge is 0.466 e. The van der Waals surface area contributed by atoms with Crippen LogP contribution >= 0.6 is 0 Å². The van der Waals surface area contributed by atoms with Gasteiger partial charge in [-0.15, -0.1) is 0 Å². The summed E-state index contributed by atoms with van der Waals surface area (Å²) < 4.78 is 16.7. The smallest absolute Gasteiger partial charge is 0.305 e. The van der Waals surface area contributed by atoms with Crippen molar-refractivity contribution in [3.63, 3.8) is 0 Å². The molecule has 1 aliphatic rings. The number of unbranched alkanes of at least 4 members (excludes halogenated alkanes) is 47. The molecule has 91 heavy (non-hydrogen) atoms. The van der Waals surface area contributed by atoms with E-state index in [0.717, 1.165) is 64.2 Å². The maximum absolute atomic E-state index is 13.0. The number of hydrogen-bond donors (Lipinski definition) is 6. The highest BCUT2D eigenvalue weighted by atomic mass is 16.7. The Morgan fingerprint density at radius 3 is 1.16 bits per heavy atom. The SMILES string of the molecule is CCCCCC/C=C/CC/C=C/C(O)C(COC1OC(CO)C(O)C(O)C1O)NC(=O)CCCCCCCCCCCCCCCCCCC/C=C\C/C=C\CCCCCCCCCCCCCOC(=O)CCCCCCCCC/C=C\CCCCCCCCC. The number of aliphatic hydroxyl groups is 5. The van der Waals surface area contributed by atoms with E-state index < -0.39 is 49.5 Å². The van der Waals surface area contributed by atoms with Crippen molar-refractivity contribution in [3.05, 3.63) is 60.8 Å². The van der Waals surface area contributed by atoms with Crippen LogP contribution in [-0.2, 0) is 23.8 Å². The molecule has 532 valence electrons. The molecule has 1 fully saturated rings. The molecule has 1 aliphatic heterocycles. The lowest BCUT2D eigenvalue weighted by Crippen LogP contribution is -2.60. The summed E-state index contributed by atoms with van der Waals surface area (Å²) >= 11 is 0. The van der Waals surface area contributed by atoms with E-state index in [0.29, 0.717) is 19.4 Å². The number of ether oxygens (including phenoxy) is 3. The van der Waals surface area contributed by atoms with Crippen LogP contribution in [0.1, 0.15) is 373 Å². The van der Waals surface area contributed by atoms with Crippen LogP contribution in [0.25, 0.3) is 0 Å². The summed E-state index contributed by atoms with van der Waals surface area (Å²) in [6.07, 6.45) is 82.6.